The first-order valence-electron chi connectivity index (χ1n) is 8.83. The van der Waals surface area contributed by atoms with E-state index in [1.807, 2.05) is 30.3 Å². The number of hydrogen-bond donors (Lipinski definition) is 2. The van der Waals surface area contributed by atoms with Gasteiger partial charge < -0.3 is 19.7 Å². The molecule has 128 valence electrons. The highest BCUT2D eigenvalue weighted by Gasteiger charge is 2.43. The van der Waals surface area contributed by atoms with Crippen molar-refractivity contribution in [1.29, 1.82) is 0 Å². The maximum Gasteiger partial charge on any atom is 0.268 e. The normalized spacial score (nSPS) is 18.1. The Morgan fingerprint density at radius 3 is 3.00 bits per heavy atom. The van der Waals surface area contributed by atoms with E-state index in [2.05, 4.69) is 26.4 Å². The third kappa shape index (κ3) is 2.21. The molecule has 1 fully saturated rings. The van der Waals surface area contributed by atoms with Gasteiger partial charge in [-0.15, -0.1) is 0 Å². The van der Waals surface area contributed by atoms with Crippen LogP contribution in [0.4, 0.5) is 0 Å². The van der Waals surface area contributed by atoms with Crippen molar-refractivity contribution in [2.45, 2.75) is 37.9 Å². The van der Waals surface area contributed by atoms with Crippen molar-refractivity contribution in [3.05, 3.63) is 53.5 Å². The van der Waals surface area contributed by atoms with Gasteiger partial charge in [0.1, 0.15) is 11.4 Å². The van der Waals surface area contributed by atoms with E-state index in [-0.39, 0.29) is 11.4 Å². The van der Waals surface area contributed by atoms with Crippen LogP contribution >= 0.6 is 0 Å². The highest BCUT2D eigenvalue weighted by Crippen LogP contribution is 2.43. The zero-order chi connectivity index (χ0) is 16.9. The molecule has 0 atom stereocenters. The summed E-state index contributed by atoms with van der Waals surface area (Å²) in [4.78, 5) is 12.7. The Morgan fingerprint density at radius 2 is 2.16 bits per heavy atom. The summed E-state index contributed by atoms with van der Waals surface area (Å²) in [7, 11) is 0. The number of para-hydroxylation sites is 1. The average molecular weight is 336 g/mol. The molecule has 2 N–H and O–H groups in total. The van der Waals surface area contributed by atoms with E-state index < -0.39 is 0 Å². The second-order valence-electron chi connectivity index (χ2n) is 6.93. The SMILES string of the molecule is O=C(NCc1noc2ccccc12)c1ccc2n1CCNC21CCC1. The van der Waals surface area contributed by atoms with Crippen LogP contribution in [-0.4, -0.2) is 22.2 Å². The molecule has 1 spiro atoms. The fourth-order valence-corrected chi connectivity index (χ4v) is 4.11. The first kappa shape index (κ1) is 14.7. The minimum Gasteiger partial charge on any atom is -0.356 e. The number of carbonyl (C=O) groups excluding carboxylic acids is 1. The van der Waals surface area contributed by atoms with E-state index in [0.717, 1.165) is 48.3 Å². The van der Waals surface area contributed by atoms with Gasteiger partial charge in [0.05, 0.1) is 12.1 Å². The summed E-state index contributed by atoms with van der Waals surface area (Å²) in [5.41, 5.74) is 3.58. The topological polar surface area (TPSA) is 72.1 Å². The summed E-state index contributed by atoms with van der Waals surface area (Å²) in [5.74, 6) is -0.0605. The van der Waals surface area contributed by atoms with Crippen LogP contribution in [0.15, 0.2) is 40.9 Å². The van der Waals surface area contributed by atoms with Crippen molar-refractivity contribution in [2.75, 3.05) is 6.54 Å². The summed E-state index contributed by atoms with van der Waals surface area (Å²) in [5, 5.41) is 11.6. The minimum absolute atomic E-state index is 0.0605. The van der Waals surface area contributed by atoms with E-state index in [4.69, 9.17) is 4.52 Å². The molecule has 6 nitrogen and oxygen atoms in total. The van der Waals surface area contributed by atoms with Gasteiger partial charge in [0.15, 0.2) is 5.58 Å². The molecule has 2 aliphatic rings. The Hall–Kier alpha value is -2.60. The lowest BCUT2D eigenvalue weighted by atomic mass is 9.73. The van der Waals surface area contributed by atoms with Gasteiger partial charge in [-0.1, -0.05) is 17.3 Å². The van der Waals surface area contributed by atoms with Gasteiger partial charge in [0, 0.05) is 24.2 Å². The number of fused-ring (bicyclic) bond motifs is 3. The van der Waals surface area contributed by atoms with Gasteiger partial charge in [-0.3, -0.25) is 4.79 Å². The summed E-state index contributed by atoms with van der Waals surface area (Å²) < 4.78 is 7.47. The molecule has 1 saturated carbocycles. The Balaban J connectivity index is 1.37. The Morgan fingerprint density at radius 1 is 1.28 bits per heavy atom. The molecule has 1 aliphatic heterocycles. The van der Waals surface area contributed by atoms with Gasteiger partial charge in [-0.05, 0) is 43.5 Å². The van der Waals surface area contributed by atoms with Crippen LogP contribution in [0.25, 0.3) is 11.0 Å². The molecular weight excluding hydrogens is 316 g/mol. The first-order chi connectivity index (χ1) is 12.3. The molecule has 0 saturated heterocycles. The lowest BCUT2D eigenvalue weighted by Gasteiger charge is -2.46. The number of rotatable bonds is 3. The standard InChI is InChI=1S/C19H20N4O2/c24-18(20-12-14-13-4-1-2-5-16(13)25-22-14)15-6-7-17-19(8-3-9-19)21-10-11-23(15)17/h1-2,4-7,21H,3,8-12H2,(H,20,24). The molecular formula is C19H20N4O2. The van der Waals surface area contributed by atoms with Crippen molar-refractivity contribution in [3.8, 4) is 0 Å². The second-order valence-corrected chi connectivity index (χ2v) is 6.93. The molecule has 0 radical (unpaired) electrons. The van der Waals surface area contributed by atoms with Crippen molar-refractivity contribution in [2.24, 2.45) is 0 Å². The number of hydrogen-bond acceptors (Lipinski definition) is 4. The molecule has 1 aliphatic carbocycles. The second kappa shape index (κ2) is 5.46. The Kier molecular flexibility index (Phi) is 3.21. The summed E-state index contributed by atoms with van der Waals surface area (Å²) in [6.45, 7) is 2.11. The first-order valence-corrected chi connectivity index (χ1v) is 8.83. The van der Waals surface area contributed by atoms with Crippen LogP contribution in [0, 0.1) is 0 Å². The smallest absolute Gasteiger partial charge is 0.268 e. The summed E-state index contributed by atoms with van der Waals surface area (Å²) in [6, 6.07) is 11.7. The number of amides is 1. The lowest BCUT2D eigenvalue weighted by Crippen LogP contribution is -2.54. The van der Waals surface area contributed by atoms with Gasteiger partial charge in [-0.2, -0.15) is 0 Å². The summed E-state index contributed by atoms with van der Waals surface area (Å²) >= 11 is 0. The van der Waals surface area contributed by atoms with E-state index in [1.165, 1.54) is 12.1 Å². The average Bonchev–Trinajstić information content (AvgIpc) is 3.22. The number of aromatic nitrogens is 2. The number of carbonyl (C=O) groups is 1. The highest BCUT2D eigenvalue weighted by molar-refractivity contribution is 5.93. The van der Waals surface area contributed by atoms with Crippen LogP contribution < -0.4 is 10.6 Å². The molecule has 1 aromatic carbocycles. The minimum atomic E-state index is -0.0605. The van der Waals surface area contributed by atoms with E-state index >= 15 is 0 Å². The molecule has 2 aromatic heterocycles. The number of benzene rings is 1. The van der Waals surface area contributed by atoms with Gasteiger partial charge >= 0.3 is 0 Å². The maximum atomic E-state index is 12.7. The van der Waals surface area contributed by atoms with Crippen molar-refractivity contribution in [1.82, 2.24) is 20.4 Å². The predicted octanol–water partition coefficient (Wildman–Crippen LogP) is 2.54. The zero-order valence-electron chi connectivity index (χ0n) is 13.9. The molecule has 5 rings (SSSR count). The van der Waals surface area contributed by atoms with Gasteiger partial charge in [0.25, 0.3) is 5.91 Å². The quantitative estimate of drug-likeness (QED) is 0.771. The third-order valence-electron chi connectivity index (χ3n) is 5.58. The number of nitrogens with one attached hydrogen (secondary N) is 2. The van der Waals surface area contributed by atoms with E-state index in [1.54, 1.807) is 0 Å². The van der Waals surface area contributed by atoms with Crippen LogP contribution in [0.1, 0.15) is 41.1 Å². The molecule has 3 heterocycles. The molecule has 6 heteroatoms. The van der Waals surface area contributed by atoms with Gasteiger partial charge in [0.2, 0.25) is 0 Å². The zero-order valence-corrected chi connectivity index (χ0v) is 13.9. The molecule has 0 bridgehead atoms. The third-order valence-corrected chi connectivity index (χ3v) is 5.58. The fourth-order valence-electron chi connectivity index (χ4n) is 4.11. The van der Waals surface area contributed by atoms with Crippen LogP contribution in [0.2, 0.25) is 0 Å². The van der Waals surface area contributed by atoms with Crippen molar-refractivity contribution >= 4 is 16.9 Å². The van der Waals surface area contributed by atoms with E-state index in [9.17, 15) is 4.79 Å². The predicted molar refractivity (Wildman–Crippen MR) is 93.1 cm³/mol. The molecule has 0 unspecified atom stereocenters. The van der Waals surface area contributed by atoms with Crippen LogP contribution in [0.5, 0.6) is 0 Å². The van der Waals surface area contributed by atoms with E-state index in [0.29, 0.717) is 6.54 Å². The fraction of sp³-hybridized carbons (Fsp3) is 0.368. The van der Waals surface area contributed by atoms with Crippen LogP contribution in [-0.2, 0) is 18.6 Å². The highest BCUT2D eigenvalue weighted by atomic mass is 16.5. The lowest BCUT2D eigenvalue weighted by molar-refractivity contribution is 0.0933. The van der Waals surface area contributed by atoms with Crippen molar-refractivity contribution in [3.63, 3.8) is 0 Å². The molecule has 3 aromatic rings. The largest absolute Gasteiger partial charge is 0.356 e. The summed E-state index contributed by atoms with van der Waals surface area (Å²) in [6.07, 6.45) is 3.56. The molecule has 25 heavy (non-hydrogen) atoms. The van der Waals surface area contributed by atoms with Crippen LogP contribution in [0.3, 0.4) is 0 Å². The Labute approximate surface area is 145 Å². The van der Waals surface area contributed by atoms with Gasteiger partial charge in [-0.25, -0.2) is 0 Å². The number of nitrogens with zero attached hydrogens (tertiary/aromatic N) is 2. The Bertz CT molecular complexity index is 951. The molecule has 1 amide bonds. The van der Waals surface area contributed by atoms with Crippen molar-refractivity contribution < 1.29 is 9.32 Å². The monoisotopic (exact) mass is 336 g/mol. The maximum absolute atomic E-state index is 12.7.